The summed E-state index contributed by atoms with van der Waals surface area (Å²) in [5.41, 5.74) is 0. The number of unbranched alkanes of at least 4 members (excludes halogenated alkanes) is 1. The van der Waals surface area contributed by atoms with Crippen molar-refractivity contribution in [2.24, 2.45) is 11.8 Å². The zero-order chi connectivity index (χ0) is 9.80. The molecule has 0 bridgehead atoms. The van der Waals surface area contributed by atoms with Crippen LogP contribution >= 0.6 is 0 Å². The molecule has 0 N–H and O–H groups in total. The van der Waals surface area contributed by atoms with E-state index in [0.717, 1.165) is 11.8 Å². The fourth-order valence-corrected chi connectivity index (χ4v) is 3.58. The Morgan fingerprint density at radius 2 is 1.86 bits per heavy atom. The first-order chi connectivity index (χ1) is 6.92. The van der Waals surface area contributed by atoms with Crippen molar-refractivity contribution in [1.29, 1.82) is 0 Å². The van der Waals surface area contributed by atoms with Crippen LogP contribution in [0.2, 0.25) is 0 Å². The van der Waals surface area contributed by atoms with Gasteiger partial charge in [-0.1, -0.05) is 51.9 Å². The lowest BCUT2D eigenvalue weighted by atomic mass is 9.80. The molecule has 0 spiro atoms. The van der Waals surface area contributed by atoms with Crippen molar-refractivity contribution in [1.82, 2.24) is 0 Å². The van der Waals surface area contributed by atoms with Crippen molar-refractivity contribution in [2.45, 2.75) is 71.1 Å². The highest BCUT2D eigenvalue weighted by molar-refractivity contribution is 5.04. The highest BCUT2D eigenvalue weighted by Gasteiger charge is 2.34. The SMILES string of the molecule is CCCC[C]1CCCC1C1CCCC1. The lowest BCUT2D eigenvalue weighted by molar-refractivity contribution is 0.354. The average Bonchev–Trinajstić information content (AvgIpc) is 2.84. The summed E-state index contributed by atoms with van der Waals surface area (Å²) >= 11 is 0. The highest BCUT2D eigenvalue weighted by Crippen LogP contribution is 2.46. The van der Waals surface area contributed by atoms with E-state index in [1.165, 1.54) is 51.4 Å². The summed E-state index contributed by atoms with van der Waals surface area (Å²) in [6, 6.07) is 0. The molecule has 1 atom stereocenters. The van der Waals surface area contributed by atoms with Crippen LogP contribution in [-0.4, -0.2) is 0 Å². The molecule has 0 aliphatic heterocycles. The van der Waals surface area contributed by atoms with Gasteiger partial charge in [0.15, 0.2) is 0 Å². The molecule has 2 aliphatic rings. The Morgan fingerprint density at radius 3 is 2.57 bits per heavy atom. The summed E-state index contributed by atoms with van der Waals surface area (Å²) in [7, 11) is 0. The second kappa shape index (κ2) is 5.19. The van der Waals surface area contributed by atoms with Crippen LogP contribution in [0.15, 0.2) is 0 Å². The average molecular weight is 193 g/mol. The predicted molar refractivity (Wildman–Crippen MR) is 62.1 cm³/mol. The monoisotopic (exact) mass is 193 g/mol. The van der Waals surface area contributed by atoms with Crippen LogP contribution in [0.1, 0.15) is 71.1 Å². The van der Waals surface area contributed by atoms with Gasteiger partial charge in [0.1, 0.15) is 0 Å². The minimum absolute atomic E-state index is 1.06. The van der Waals surface area contributed by atoms with Crippen LogP contribution in [0, 0.1) is 17.8 Å². The van der Waals surface area contributed by atoms with E-state index in [2.05, 4.69) is 6.92 Å². The van der Waals surface area contributed by atoms with Gasteiger partial charge >= 0.3 is 0 Å². The first kappa shape index (κ1) is 10.5. The Hall–Kier alpha value is 0. The van der Waals surface area contributed by atoms with Gasteiger partial charge in [-0.2, -0.15) is 0 Å². The minimum atomic E-state index is 1.06. The minimum Gasteiger partial charge on any atom is -0.0654 e. The lowest BCUT2D eigenvalue weighted by Gasteiger charge is -2.24. The van der Waals surface area contributed by atoms with Crippen LogP contribution < -0.4 is 0 Å². The summed E-state index contributed by atoms with van der Waals surface area (Å²) in [6.45, 7) is 2.32. The maximum absolute atomic E-state index is 2.32. The molecule has 1 radical (unpaired) electrons. The molecule has 14 heavy (non-hydrogen) atoms. The third kappa shape index (κ3) is 2.32. The molecule has 0 aromatic rings. The maximum Gasteiger partial charge on any atom is -0.0207 e. The number of hydrogen-bond donors (Lipinski definition) is 0. The Kier molecular flexibility index (Phi) is 3.89. The van der Waals surface area contributed by atoms with Gasteiger partial charge in [-0.3, -0.25) is 0 Å². The van der Waals surface area contributed by atoms with Crippen molar-refractivity contribution in [3.05, 3.63) is 5.92 Å². The second-order valence-corrected chi connectivity index (χ2v) is 5.31. The van der Waals surface area contributed by atoms with E-state index >= 15 is 0 Å². The van der Waals surface area contributed by atoms with Gasteiger partial charge in [0.2, 0.25) is 0 Å². The Balaban J connectivity index is 1.82. The fraction of sp³-hybridized carbons (Fsp3) is 0.929. The molecule has 0 aromatic heterocycles. The summed E-state index contributed by atoms with van der Waals surface area (Å²) in [5, 5.41) is 0. The van der Waals surface area contributed by atoms with Gasteiger partial charge < -0.3 is 0 Å². The molecule has 2 aliphatic carbocycles. The smallest absolute Gasteiger partial charge is 0.0207 e. The summed E-state index contributed by atoms with van der Waals surface area (Å²) in [5.74, 6) is 4.12. The van der Waals surface area contributed by atoms with E-state index in [0.29, 0.717) is 0 Å². The number of rotatable bonds is 4. The maximum atomic E-state index is 2.32. The highest BCUT2D eigenvalue weighted by atomic mass is 14.4. The third-order valence-corrected chi connectivity index (χ3v) is 4.36. The normalized spacial score (nSPS) is 30.2. The Labute approximate surface area is 89.5 Å². The molecule has 0 nitrogen and oxygen atoms in total. The van der Waals surface area contributed by atoms with Crippen LogP contribution in [0.3, 0.4) is 0 Å². The van der Waals surface area contributed by atoms with E-state index in [1.54, 1.807) is 12.8 Å². The molecule has 1 unspecified atom stereocenters. The van der Waals surface area contributed by atoms with Gasteiger partial charge in [-0.15, -0.1) is 0 Å². The molecular formula is C14H25. The molecule has 2 saturated carbocycles. The molecule has 0 heteroatoms. The summed E-state index contributed by atoms with van der Waals surface area (Å²) in [6.07, 6.45) is 14.9. The van der Waals surface area contributed by atoms with Crippen molar-refractivity contribution in [3.8, 4) is 0 Å². The van der Waals surface area contributed by atoms with E-state index in [4.69, 9.17) is 0 Å². The topological polar surface area (TPSA) is 0 Å². The third-order valence-electron chi connectivity index (χ3n) is 4.36. The van der Waals surface area contributed by atoms with Crippen LogP contribution in [-0.2, 0) is 0 Å². The van der Waals surface area contributed by atoms with E-state index in [1.807, 2.05) is 5.92 Å². The van der Waals surface area contributed by atoms with E-state index < -0.39 is 0 Å². The largest absolute Gasteiger partial charge is 0.0654 e. The van der Waals surface area contributed by atoms with Crippen LogP contribution in [0.5, 0.6) is 0 Å². The van der Waals surface area contributed by atoms with Gasteiger partial charge in [0.25, 0.3) is 0 Å². The first-order valence-corrected chi connectivity index (χ1v) is 6.76. The van der Waals surface area contributed by atoms with Crippen molar-refractivity contribution >= 4 is 0 Å². The molecule has 2 fully saturated rings. The van der Waals surface area contributed by atoms with Crippen LogP contribution in [0.25, 0.3) is 0 Å². The molecule has 2 rings (SSSR count). The quantitative estimate of drug-likeness (QED) is 0.605. The molecule has 0 heterocycles. The molecular weight excluding hydrogens is 168 g/mol. The van der Waals surface area contributed by atoms with Gasteiger partial charge in [0.05, 0.1) is 0 Å². The molecule has 0 saturated heterocycles. The second-order valence-electron chi connectivity index (χ2n) is 5.31. The van der Waals surface area contributed by atoms with Crippen molar-refractivity contribution in [3.63, 3.8) is 0 Å². The van der Waals surface area contributed by atoms with Crippen molar-refractivity contribution in [2.75, 3.05) is 0 Å². The lowest BCUT2D eigenvalue weighted by Crippen LogP contribution is -2.14. The van der Waals surface area contributed by atoms with Gasteiger partial charge in [-0.25, -0.2) is 0 Å². The zero-order valence-electron chi connectivity index (χ0n) is 9.73. The molecule has 0 amide bonds. The number of hydrogen-bond acceptors (Lipinski definition) is 0. The van der Waals surface area contributed by atoms with E-state index in [-0.39, 0.29) is 0 Å². The fourth-order valence-electron chi connectivity index (χ4n) is 3.58. The van der Waals surface area contributed by atoms with Crippen LogP contribution in [0.4, 0.5) is 0 Å². The summed E-state index contributed by atoms with van der Waals surface area (Å²) < 4.78 is 0. The Bertz CT molecular complexity index is 155. The first-order valence-electron chi connectivity index (χ1n) is 6.76. The van der Waals surface area contributed by atoms with E-state index in [9.17, 15) is 0 Å². The predicted octanol–water partition coefficient (Wildman–Crippen LogP) is 4.74. The molecule has 81 valence electrons. The van der Waals surface area contributed by atoms with Gasteiger partial charge in [-0.05, 0) is 37.0 Å². The van der Waals surface area contributed by atoms with Gasteiger partial charge in [0, 0.05) is 0 Å². The zero-order valence-corrected chi connectivity index (χ0v) is 9.73. The standard InChI is InChI=1S/C14H25/c1-2-3-7-12-10-6-11-14(12)13-8-4-5-9-13/h13-14H,2-11H2,1H3. The van der Waals surface area contributed by atoms with Crippen molar-refractivity contribution < 1.29 is 0 Å². The Morgan fingerprint density at radius 1 is 1.07 bits per heavy atom. The molecule has 0 aromatic carbocycles. The summed E-state index contributed by atoms with van der Waals surface area (Å²) in [4.78, 5) is 0.